The number of hydrogen-bond donors (Lipinski definition) is 0. The maximum atomic E-state index is 14.0. The molecule has 0 radical (unpaired) electrons. The van der Waals surface area contributed by atoms with Crippen LogP contribution in [0, 0.1) is 11.8 Å². The van der Waals surface area contributed by atoms with Crippen LogP contribution in [0.4, 0.5) is 8.78 Å². The van der Waals surface area contributed by atoms with E-state index < -0.39 is 11.8 Å². The molecule has 0 bridgehead atoms. The van der Waals surface area contributed by atoms with E-state index >= 15 is 0 Å². The molecular formula is C17H10F2N4S. The minimum absolute atomic E-state index is 0.139. The topological polar surface area (TPSA) is 43.6 Å². The molecule has 24 heavy (non-hydrogen) atoms. The molecule has 4 rings (SSSR count). The van der Waals surface area contributed by atoms with Gasteiger partial charge in [0.1, 0.15) is 22.8 Å². The third-order valence-corrected chi connectivity index (χ3v) is 4.32. The Bertz CT molecular complexity index is 975. The predicted octanol–water partition coefficient (Wildman–Crippen LogP) is 4.34. The lowest BCUT2D eigenvalue weighted by Crippen LogP contribution is -1.95. The highest BCUT2D eigenvalue weighted by Crippen LogP contribution is 2.27. The lowest BCUT2D eigenvalue weighted by atomic mass is 10.1. The molecule has 1 aromatic carbocycles. The smallest absolute Gasteiger partial charge is 0.223 e. The normalized spacial score (nSPS) is 10.9. The van der Waals surface area contributed by atoms with Crippen LogP contribution in [0.1, 0.15) is 0 Å². The van der Waals surface area contributed by atoms with E-state index in [-0.39, 0.29) is 5.56 Å². The molecule has 0 saturated heterocycles. The van der Waals surface area contributed by atoms with Crippen LogP contribution >= 0.6 is 11.3 Å². The molecule has 3 aromatic heterocycles. The zero-order chi connectivity index (χ0) is 16.5. The largest absolute Gasteiger partial charge is 0.306 e. The Morgan fingerprint density at radius 3 is 2.71 bits per heavy atom. The first-order chi connectivity index (χ1) is 11.7. The van der Waals surface area contributed by atoms with Crippen molar-refractivity contribution in [2.45, 2.75) is 0 Å². The Kier molecular flexibility index (Phi) is 3.62. The first kappa shape index (κ1) is 14.6. The Balaban J connectivity index is 1.76. The van der Waals surface area contributed by atoms with E-state index in [4.69, 9.17) is 0 Å². The van der Waals surface area contributed by atoms with Gasteiger partial charge in [-0.1, -0.05) is 12.1 Å². The number of thiazole rings is 1. The molecule has 4 nitrogen and oxygen atoms in total. The van der Waals surface area contributed by atoms with Crippen molar-refractivity contribution in [2.24, 2.45) is 0 Å². The van der Waals surface area contributed by atoms with E-state index in [9.17, 15) is 8.78 Å². The van der Waals surface area contributed by atoms with E-state index in [1.54, 1.807) is 35.3 Å². The lowest BCUT2D eigenvalue weighted by Gasteiger charge is -2.07. The SMILES string of the molecule is Fc1ccnc(F)c1-c1cccc(-n2cnc(-c3nccs3)c2)c1. The van der Waals surface area contributed by atoms with Gasteiger partial charge in [0, 0.05) is 29.7 Å². The molecule has 0 saturated carbocycles. The second-order valence-corrected chi connectivity index (χ2v) is 5.91. The summed E-state index contributed by atoms with van der Waals surface area (Å²) in [5, 5.41) is 2.69. The van der Waals surface area contributed by atoms with Crippen molar-refractivity contribution < 1.29 is 8.78 Å². The van der Waals surface area contributed by atoms with Gasteiger partial charge in [0.25, 0.3) is 0 Å². The van der Waals surface area contributed by atoms with Crippen LogP contribution in [0.15, 0.2) is 60.6 Å². The zero-order valence-corrected chi connectivity index (χ0v) is 13.0. The first-order valence-electron chi connectivity index (χ1n) is 7.07. The van der Waals surface area contributed by atoms with Gasteiger partial charge < -0.3 is 4.57 Å². The van der Waals surface area contributed by atoms with Gasteiger partial charge in [-0.2, -0.15) is 4.39 Å². The van der Waals surface area contributed by atoms with E-state index in [0.29, 0.717) is 5.56 Å². The molecule has 0 aliphatic carbocycles. The molecule has 3 heterocycles. The van der Waals surface area contributed by atoms with Gasteiger partial charge in [0.15, 0.2) is 0 Å². The van der Waals surface area contributed by atoms with Crippen LogP contribution in [-0.2, 0) is 0 Å². The van der Waals surface area contributed by atoms with Crippen LogP contribution in [0.2, 0.25) is 0 Å². The molecule has 0 spiro atoms. The average Bonchev–Trinajstić information content (AvgIpc) is 3.26. The second kappa shape index (κ2) is 5.93. The number of nitrogens with zero attached hydrogens (tertiary/aromatic N) is 4. The minimum Gasteiger partial charge on any atom is -0.306 e. The molecule has 0 fully saturated rings. The Hall–Kier alpha value is -2.93. The molecule has 0 unspecified atom stereocenters. The number of pyridine rings is 1. The minimum atomic E-state index is -0.832. The summed E-state index contributed by atoms with van der Waals surface area (Å²) >= 11 is 1.49. The Labute approximate surface area is 140 Å². The maximum Gasteiger partial charge on any atom is 0.223 e. The van der Waals surface area contributed by atoms with Gasteiger partial charge in [0.2, 0.25) is 5.95 Å². The summed E-state index contributed by atoms with van der Waals surface area (Å²) in [6.07, 6.45) is 6.29. The quantitative estimate of drug-likeness (QED) is 0.521. The van der Waals surface area contributed by atoms with E-state index in [0.717, 1.165) is 28.7 Å². The van der Waals surface area contributed by atoms with Crippen molar-refractivity contribution in [2.75, 3.05) is 0 Å². The summed E-state index contributed by atoms with van der Waals surface area (Å²) in [6.45, 7) is 0. The van der Waals surface area contributed by atoms with E-state index in [1.807, 2.05) is 17.6 Å². The summed E-state index contributed by atoms with van der Waals surface area (Å²) in [4.78, 5) is 12.1. The summed E-state index contributed by atoms with van der Waals surface area (Å²) in [5.74, 6) is -1.48. The molecular weight excluding hydrogens is 330 g/mol. The number of imidazole rings is 1. The highest BCUT2D eigenvalue weighted by molar-refractivity contribution is 7.13. The molecule has 0 N–H and O–H groups in total. The highest BCUT2D eigenvalue weighted by atomic mass is 32.1. The summed E-state index contributed by atoms with van der Waals surface area (Å²) in [5.41, 5.74) is 1.76. The van der Waals surface area contributed by atoms with Gasteiger partial charge >= 0.3 is 0 Å². The monoisotopic (exact) mass is 340 g/mol. The average molecular weight is 340 g/mol. The number of halogens is 2. The van der Waals surface area contributed by atoms with Crippen molar-refractivity contribution in [3.05, 3.63) is 72.4 Å². The standard InChI is InChI=1S/C17H10F2N4S/c18-13-4-5-20-16(19)15(13)11-2-1-3-12(8-11)23-9-14(22-10-23)17-21-6-7-24-17/h1-10H. The van der Waals surface area contributed by atoms with Crippen LogP contribution < -0.4 is 0 Å². The third-order valence-electron chi connectivity index (χ3n) is 3.52. The van der Waals surface area contributed by atoms with Crippen molar-refractivity contribution in [1.29, 1.82) is 0 Å². The van der Waals surface area contributed by atoms with Gasteiger partial charge in [0.05, 0.1) is 5.56 Å². The number of rotatable bonds is 3. The van der Waals surface area contributed by atoms with Gasteiger partial charge in [-0.3, -0.25) is 0 Å². The van der Waals surface area contributed by atoms with Crippen LogP contribution in [-0.4, -0.2) is 19.5 Å². The second-order valence-electron chi connectivity index (χ2n) is 5.01. The highest BCUT2D eigenvalue weighted by Gasteiger charge is 2.13. The summed E-state index contributed by atoms with van der Waals surface area (Å²) < 4.78 is 29.6. The van der Waals surface area contributed by atoms with Gasteiger partial charge in [-0.15, -0.1) is 11.3 Å². The molecule has 0 atom stereocenters. The van der Waals surface area contributed by atoms with E-state index in [1.165, 1.54) is 11.3 Å². The molecule has 0 aliphatic heterocycles. The van der Waals surface area contributed by atoms with Crippen LogP contribution in [0.5, 0.6) is 0 Å². The maximum absolute atomic E-state index is 14.0. The molecule has 118 valence electrons. The van der Waals surface area contributed by atoms with Crippen molar-refractivity contribution in [3.8, 4) is 27.5 Å². The fraction of sp³-hybridized carbons (Fsp3) is 0. The number of benzene rings is 1. The molecule has 0 aliphatic rings. The molecule has 0 amide bonds. The van der Waals surface area contributed by atoms with E-state index in [2.05, 4.69) is 15.0 Å². The van der Waals surface area contributed by atoms with Crippen LogP contribution in [0.3, 0.4) is 0 Å². The number of aromatic nitrogens is 4. The third kappa shape index (κ3) is 2.59. The zero-order valence-electron chi connectivity index (χ0n) is 12.2. The van der Waals surface area contributed by atoms with Crippen molar-refractivity contribution in [3.63, 3.8) is 0 Å². The molecule has 4 aromatic rings. The van der Waals surface area contributed by atoms with Gasteiger partial charge in [-0.25, -0.2) is 19.3 Å². The Morgan fingerprint density at radius 1 is 1.00 bits per heavy atom. The van der Waals surface area contributed by atoms with Gasteiger partial charge in [-0.05, 0) is 23.8 Å². The first-order valence-corrected chi connectivity index (χ1v) is 7.95. The number of hydrogen-bond acceptors (Lipinski definition) is 4. The molecule has 7 heteroatoms. The summed E-state index contributed by atoms with van der Waals surface area (Å²) in [6, 6.07) is 8.05. The summed E-state index contributed by atoms with van der Waals surface area (Å²) in [7, 11) is 0. The van der Waals surface area contributed by atoms with Crippen molar-refractivity contribution in [1.82, 2.24) is 19.5 Å². The Morgan fingerprint density at radius 2 is 1.92 bits per heavy atom. The fourth-order valence-corrected chi connectivity index (χ4v) is 3.02. The van der Waals surface area contributed by atoms with Crippen LogP contribution in [0.25, 0.3) is 27.5 Å². The lowest BCUT2D eigenvalue weighted by molar-refractivity contribution is 0.558. The predicted molar refractivity (Wildman–Crippen MR) is 87.8 cm³/mol. The fourth-order valence-electron chi connectivity index (χ4n) is 2.42. The van der Waals surface area contributed by atoms with Crippen molar-refractivity contribution >= 4 is 11.3 Å².